The number of hydrogen-bond acceptors (Lipinski definition) is 8. The van der Waals surface area contributed by atoms with Gasteiger partial charge in [0.05, 0.1) is 29.1 Å². The molecule has 0 saturated heterocycles. The molecule has 1 heterocycles. The number of benzene rings is 3. The minimum absolute atomic E-state index is 0.0183. The standard InChI is InChI=1S/C31H31F2N7O2/c1-18(2)42-24-15-14-22(26(32)27(24)33)28(34)25-29(35)36-17-37-30(25)38-19(3)31(40(4)21-11-6-5-7-12-21)39-23-13-9-8-10-20(23)16-41/h5-19,34H,1-4H3,(H3,35,36,37,38)/b34-28?,39-31-. The number of amidine groups is 1. The molecular formula is C31H31F2N7O2. The number of halogens is 2. The number of aldehydes is 1. The van der Waals surface area contributed by atoms with E-state index in [0.29, 0.717) is 17.1 Å². The van der Waals surface area contributed by atoms with Gasteiger partial charge < -0.3 is 20.7 Å². The summed E-state index contributed by atoms with van der Waals surface area (Å²) in [5, 5.41) is 12.0. The Morgan fingerprint density at radius 3 is 2.40 bits per heavy atom. The van der Waals surface area contributed by atoms with Gasteiger partial charge in [0, 0.05) is 23.9 Å². The van der Waals surface area contributed by atoms with E-state index in [1.54, 1.807) is 38.1 Å². The first-order valence-electron chi connectivity index (χ1n) is 13.1. The van der Waals surface area contributed by atoms with Gasteiger partial charge in [0.1, 0.15) is 23.8 Å². The number of nitrogens with one attached hydrogen (secondary N) is 2. The van der Waals surface area contributed by atoms with Gasteiger partial charge in [-0.15, -0.1) is 0 Å². The Hall–Kier alpha value is -5.19. The van der Waals surface area contributed by atoms with Crippen molar-refractivity contribution in [3.8, 4) is 5.75 Å². The highest BCUT2D eigenvalue weighted by Gasteiger charge is 2.25. The van der Waals surface area contributed by atoms with Gasteiger partial charge in [0.2, 0.25) is 5.82 Å². The summed E-state index contributed by atoms with van der Waals surface area (Å²) in [6.07, 6.45) is 1.56. The van der Waals surface area contributed by atoms with Gasteiger partial charge in [-0.05, 0) is 57.2 Å². The van der Waals surface area contributed by atoms with E-state index in [2.05, 4.69) is 15.3 Å². The smallest absolute Gasteiger partial charge is 0.201 e. The topological polar surface area (TPSA) is 130 Å². The Balaban J connectivity index is 1.76. The van der Waals surface area contributed by atoms with Gasteiger partial charge in [-0.3, -0.25) is 10.2 Å². The maximum Gasteiger partial charge on any atom is 0.201 e. The van der Waals surface area contributed by atoms with Gasteiger partial charge in [0.15, 0.2) is 17.9 Å². The maximum atomic E-state index is 15.2. The zero-order chi connectivity index (χ0) is 30.4. The molecular weight excluding hydrogens is 540 g/mol. The first kappa shape index (κ1) is 29.8. The molecule has 11 heteroatoms. The molecule has 0 aliphatic rings. The van der Waals surface area contributed by atoms with Crippen LogP contribution in [0.3, 0.4) is 0 Å². The number of rotatable bonds is 10. The largest absolute Gasteiger partial charge is 0.488 e. The van der Waals surface area contributed by atoms with Crippen LogP contribution in [-0.4, -0.2) is 47.0 Å². The molecule has 0 spiro atoms. The van der Waals surface area contributed by atoms with Crippen molar-refractivity contribution < 1.29 is 18.3 Å². The Bertz CT molecular complexity index is 1630. The van der Waals surface area contributed by atoms with Crippen LogP contribution in [0.5, 0.6) is 5.75 Å². The third kappa shape index (κ3) is 6.41. The number of aromatic nitrogens is 2. The summed E-state index contributed by atoms with van der Waals surface area (Å²) in [5.74, 6) is -2.22. The molecule has 1 unspecified atom stereocenters. The molecule has 1 aromatic heterocycles. The number of aliphatic imine (C=N–C) groups is 1. The van der Waals surface area contributed by atoms with E-state index in [-0.39, 0.29) is 34.6 Å². The first-order valence-corrected chi connectivity index (χ1v) is 13.1. The molecule has 4 rings (SSSR count). The number of nitrogens with two attached hydrogens (primary N) is 1. The van der Waals surface area contributed by atoms with E-state index in [0.717, 1.165) is 12.0 Å². The number of carbonyl (C=O) groups is 1. The fraction of sp³-hybridized carbons (Fsp3) is 0.194. The summed E-state index contributed by atoms with van der Waals surface area (Å²) in [6, 6.07) is 18.3. The number of nitrogens with zero attached hydrogens (tertiary/aromatic N) is 4. The summed E-state index contributed by atoms with van der Waals surface area (Å²) in [5.41, 5.74) is 7.06. The molecule has 4 aromatic rings. The molecule has 0 amide bonds. The lowest BCUT2D eigenvalue weighted by Crippen LogP contribution is -2.40. The van der Waals surface area contributed by atoms with Crippen molar-refractivity contribution in [3.05, 3.63) is 101 Å². The average Bonchev–Trinajstić information content (AvgIpc) is 2.98. The van der Waals surface area contributed by atoms with Crippen LogP contribution in [0.2, 0.25) is 0 Å². The fourth-order valence-electron chi connectivity index (χ4n) is 4.29. The fourth-order valence-corrected chi connectivity index (χ4v) is 4.29. The Morgan fingerprint density at radius 2 is 1.71 bits per heavy atom. The highest BCUT2D eigenvalue weighted by Crippen LogP contribution is 2.29. The third-order valence-electron chi connectivity index (χ3n) is 6.33. The van der Waals surface area contributed by atoms with Crippen LogP contribution in [0.1, 0.15) is 42.3 Å². The predicted octanol–water partition coefficient (Wildman–Crippen LogP) is 6.02. The molecule has 0 fully saturated rings. The van der Waals surface area contributed by atoms with Gasteiger partial charge in [-0.2, -0.15) is 4.39 Å². The van der Waals surface area contributed by atoms with Crippen molar-refractivity contribution in [3.63, 3.8) is 0 Å². The lowest BCUT2D eigenvalue weighted by atomic mass is 10.0. The van der Waals surface area contributed by atoms with Crippen LogP contribution in [0, 0.1) is 17.0 Å². The zero-order valence-electron chi connectivity index (χ0n) is 23.6. The number of likely N-dealkylation sites (N-methyl/N-ethyl adjacent to an activating group) is 1. The van der Waals surface area contributed by atoms with Crippen molar-refractivity contribution in [1.29, 1.82) is 5.41 Å². The maximum absolute atomic E-state index is 15.2. The van der Waals surface area contributed by atoms with Crippen LogP contribution < -0.4 is 20.7 Å². The Kier molecular flexibility index (Phi) is 9.21. The molecule has 9 nitrogen and oxygen atoms in total. The number of hydrogen-bond donors (Lipinski definition) is 3. The number of para-hydroxylation sites is 2. The van der Waals surface area contributed by atoms with Crippen molar-refractivity contribution >= 4 is 40.8 Å². The van der Waals surface area contributed by atoms with Gasteiger partial charge in [0.25, 0.3) is 0 Å². The summed E-state index contributed by atoms with van der Waals surface area (Å²) in [4.78, 5) is 26.6. The third-order valence-corrected chi connectivity index (χ3v) is 6.33. The monoisotopic (exact) mass is 571 g/mol. The van der Waals surface area contributed by atoms with E-state index in [1.165, 1.54) is 18.5 Å². The number of ether oxygens (including phenoxy) is 1. The number of nitrogen functional groups attached to an aromatic ring is 1. The van der Waals surface area contributed by atoms with Gasteiger partial charge in [-0.25, -0.2) is 19.4 Å². The van der Waals surface area contributed by atoms with Crippen molar-refractivity contribution in [1.82, 2.24) is 9.97 Å². The van der Waals surface area contributed by atoms with E-state index in [1.807, 2.05) is 49.2 Å². The lowest BCUT2D eigenvalue weighted by Gasteiger charge is -2.28. The van der Waals surface area contributed by atoms with Crippen LogP contribution in [0.4, 0.5) is 31.8 Å². The molecule has 0 radical (unpaired) electrons. The van der Waals surface area contributed by atoms with E-state index in [9.17, 15) is 9.18 Å². The minimum atomic E-state index is -1.25. The quantitative estimate of drug-likeness (QED) is 0.121. The summed E-state index contributed by atoms with van der Waals surface area (Å²) in [7, 11) is 1.83. The van der Waals surface area contributed by atoms with E-state index < -0.39 is 23.4 Å². The highest BCUT2D eigenvalue weighted by molar-refractivity contribution is 6.16. The molecule has 4 N–H and O–H groups in total. The molecule has 42 heavy (non-hydrogen) atoms. The van der Waals surface area contributed by atoms with E-state index in [4.69, 9.17) is 20.9 Å². The Morgan fingerprint density at radius 1 is 1.02 bits per heavy atom. The first-order chi connectivity index (χ1) is 20.1. The second-order valence-electron chi connectivity index (χ2n) is 9.67. The Labute approximate surface area is 242 Å². The van der Waals surface area contributed by atoms with E-state index >= 15 is 4.39 Å². The molecule has 0 bridgehead atoms. The summed E-state index contributed by atoms with van der Waals surface area (Å²) in [6.45, 7) is 5.20. The van der Waals surface area contributed by atoms with Crippen LogP contribution in [0.15, 0.2) is 78.0 Å². The normalized spacial score (nSPS) is 12.1. The van der Waals surface area contributed by atoms with Crippen LogP contribution >= 0.6 is 0 Å². The molecule has 3 aromatic carbocycles. The van der Waals surface area contributed by atoms with Crippen LogP contribution in [0.25, 0.3) is 0 Å². The van der Waals surface area contributed by atoms with Crippen molar-refractivity contribution in [2.24, 2.45) is 4.99 Å². The second kappa shape index (κ2) is 13.0. The second-order valence-corrected chi connectivity index (χ2v) is 9.67. The highest BCUT2D eigenvalue weighted by atomic mass is 19.2. The molecule has 1 atom stereocenters. The molecule has 216 valence electrons. The summed E-state index contributed by atoms with van der Waals surface area (Å²) < 4.78 is 35.3. The molecule has 0 aliphatic carbocycles. The minimum Gasteiger partial charge on any atom is -0.488 e. The van der Waals surface area contributed by atoms with Gasteiger partial charge in [-0.1, -0.05) is 30.3 Å². The van der Waals surface area contributed by atoms with Crippen molar-refractivity contribution in [2.75, 3.05) is 23.0 Å². The SMILES string of the molecule is CC(C)Oc1ccc(C(=N)c2c(N)ncnc2NC(C)/C(=N/c2ccccc2C=O)N(C)c2ccccc2)c(F)c1F. The zero-order valence-corrected chi connectivity index (χ0v) is 23.6. The average molecular weight is 572 g/mol. The predicted molar refractivity (Wildman–Crippen MR) is 161 cm³/mol. The number of anilines is 3. The van der Waals surface area contributed by atoms with Crippen LogP contribution in [-0.2, 0) is 0 Å². The summed E-state index contributed by atoms with van der Waals surface area (Å²) >= 11 is 0. The number of carbonyl (C=O) groups excluding carboxylic acids is 1. The molecule has 0 aliphatic heterocycles. The lowest BCUT2D eigenvalue weighted by molar-refractivity contribution is 0.112. The van der Waals surface area contributed by atoms with Gasteiger partial charge >= 0.3 is 0 Å². The molecule has 0 saturated carbocycles. The van der Waals surface area contributed by atoms with Crippen molar-refractivity contribution in [2.45, 2.75) is 32.9 Å².